The van der Waals surface area contributed by atoms with Gasteiger partial charge in [0, 0.05) is 19.6 Å². The molecule has 26 heavy (non-hydrogen) atoms. The van der Waals surface area contributed by atoms with Crippen molar-refractivity contribution in [1.29, 1.82) is 0 Å². The van der Waals surface area contributed by atoms with Gasteiger partial charge in [0.05, 0.1) is 11.3 Å². The first-order valence-corrected chi connectivity index (χ1v) is 9.64. The highest BCUT2D eigenvalue weighted by atomic mass is 32.2. The van der Waals surface area contributed by atoms with Gasteiger partial charge >= 0.3 is 0 Å². The van der Waals surface area contributed by atoms with Crippen molar-refractivity contribution in [3.63, 3.8) is 0 Å². The van der Waals surface area contributed by atoms with Gasteiger partial charge in [0.2, 0.25) is 21.8 Å². The number of nitrogens with zero attached hydrogens (tertiary/aromatic N) is 1. The maximum Gasteiger partial charge on any atom is 0.249 e. The third-order valence-electron chi connectivity index (χ3n) is 4.29. The van der Waals surface area contributed by atoms with Crippen LogP contribution in [0, 0.1) is 11.7 Å². The average Bonchev–Trinajstić information content (AvgIpc) is 2.59. The molecule has 10 heteroatoms. The van der Waals surface area contributed by atoms with Crippen LogP contribution in [0.25, 0.3) is 0 Å². The zero-order valence-electron chi connectivity index (χ0n) is 14.1. The van der Waals surface area contributed by atoms with Crippen LogP contribution < -0.4 is 11.1 Å². The summed E-state index contributed by atoms with van der Waals surface area (Å²) in [6.45, 7) is 0.841. The largest absolute Gasteiger partial charge is 0.383 e. The minimum Gasteiger partial charge on any atom is -0.383 e. The predicted octanol–water partition coefficient (Wildman–Crippen LogP) is -0.421. The fourth-order valence-electron chi connectivity index (χ4n) is 2.76. The SMILES string of the molecule is NC(=O)CC(O)C(=O)NCC1CCN(S(=O)(=O)c2ccc(F)cc2)CC1. The van der Waals surface area contributed by atoms with E-state index in [1.54, 1.807) is 0 Å². The van der Waals surface area contributed by atoms with Crippen LogP contribution in [-0.4, -0.2) is 55.4 Å². The summed E-state index contributed by atoms with van der Waals surface area (Å²) in [5.74, 6) is -1.89. The number of amides is 2. The molecule has 0 radical (unpaired) electrons. The highest BCUT2D eigenvalue weighted by molar-refractivity contribution is 7.89. The molecule has 4 N–H and O–H groups in total. The lowest BCUT2D eigenvalue weighted by Crippen LogP contribution is -2.43. The van der Waals surface area contributed by atoms with Gasteiger partial charge in [-0.2, -0.15) is 4.31 Å². The molecule has 2 amide bonds. The molecule has 2 rings (SSSR count). The van der Waals surface area contributed by atoms with Gasteiger partial charge in [0.1, 0.15) is 11.9 Å². The Labute approximate surface area is 151 Å². The number of piperidine rings is 1. The van der Waals surface area contributed by atoms with Gasteiger partial charge in [-0.15, -0.1) is 0 Å². The molecular weight excluding hydrogens is 365 g/mol. The Hall–Kier alpha value is -2.04. The van der Waals surface area contributed by atoms with E-state index in [2.05, 4.69) is 5.32 Å². The monoisotopic (exact) mass is 387 g/mol. The number of primary amides is 1. The zero-order chi connectivity index (χ0) is 19.3. The summed E-state index contributed by atoms with van der Waals surface area (Å²) < 4.78 is 39.3. The van der Waals surface area contributed by atoms with Gasteiger partial charge in [-0.3, -0.25) is 9.59 Å². The van der Waals surface area contributed by atoms with Crippen LogP contribution in [-0.2, 0) is 19.6 Å². The Morgan fingerprint density at radius 2 is 1.85 bits per heavy atom. The van der Waals surface area contributed by atoms with Crippen molar-refractivity contribution in [1.82, 2.24) is 9.62 Å². The van der Waals surface area contributed by atoms with E-state index < -0.39 is 40.2 Å². The Bertz CT molecular complexity index is 746. The highest BCUT2D eigenvalue weighted by Crippen LogP contribution is 2.23. The normalized spacial score (nSPS) is 17.6. The molecule has 0 aliphatic carbocycles. The number of carbonyl (C=O) groups is 2. The summed E-state index contributed by atoms with van der Waals surface area (Å²) in [7, 11) is -3.67. The molecule has 0 spiro atoms. The molecule has 1 saturated heterocycles. The van der Waals surface area contributed by atoms with Crippen molar-refractivity contribution >= 4 is 21.8 Å². The smallest absolute Gasteiger partial charge is 0.249 e. The van der Waals surface area contributed by atoms with Gasteiger partial charge in [-0.1, -0.05) is 0 Å². The summed E-state index contributed by atoms with van der Waals surface area (Å²) in [4.78, 5) is 22.4. The van der Waals surface area contributed by atoms with Gasteiger partial charge in [-0.05, 0) is 43.0 Å². The van der Waals surface area contributed by atoms with Crippen LogP contribution in [0.15, 0.2) is 29.2 Å². The van der Waals surface area contributed by atoms with E-state index in [1.165, 1.54) is 16.4 Å². The second-order valence-corrected chi connectivity index (χ2v) is 8.17. The average molecular weight is 387 g/mol. The topological polar surface area (TPSA) is 130 Å². The number of hydrogen-bond acceptors (Lipinski definition) is 5. The Balaban J connectivity index is 1.84. The molecule has 1 heterocycles. The number of nitrogens with one attached hydrogen (secondary N) is 1. The molecule has 1 fully saturated rings. The molecule has 0 aromatic heterocycles. The molecule has 1 aliphatic rings. The lowest BCUT2D eigenvalue weighted by atomic mass is 9.98. The third kappa shape index (κ3) is 5.23. The molecule has 1 atom stereocenters. The number of halogens is 1. The van der Waals surface area contributed by atoms with Crippen molar-refractivity contribution in [3.8, 4) is 0 Å². The standard InChI is InChI=1S/C16H22FN3O5S/c17-12-1-3-13(4-2-12)26(24,25)20-7-5-11(6-8-20)10-19-16(23)14(21)9-15(18)22/h1-4,11,14,21H,5-10H2,(H2,18,22)(H,19,23). The number of sulfonamides is 1. The molecule has 8 nitrogen and oxygen atoms in total. The molecule has 1 aliphatic heterocycles. The Morgan fingerprint density at radius 1 is 1.27 bits per heavy atom. The summed E-state index contributed by atoms with van der Waals surface area (Å²) in [6.07, 6.45) is -0.856. The third-order valence-corrected chi connectivity index (χ3v) is 6.20. The van der Waals surface area contributed by atoms with Gasteiger partial charge in [0.15, 0.2) is 0 Å². The quantitative estimate of drug-likeness (QED) is 0.585. The van der Waals surface area contributed by atoms with Gasteiger partial charge < -0.3 is 16.2 Å². The Kier molecular flexibility index (Phi) is 6.68. The number of aliphatic hydroxyl groups excluding tert-OH is 1. The van der Waals surface area contributed by atoms with Crippen LogP contribution in [0.5, 0.6) is 0 Å². The second-order valence-electron chi connectivity index (χ2n) is 6.23. The van der Waals surface area contributed by atoms with Gasteiger partial charge in [-0.25, -0.2) is 12.8 Å². The number of hydrogen-bond donors (Lipinski definition) is 3. The minimum absolute atomic E-state index is 0.0419. The maximum atomic E-state index is 13.0. The van der Waals surface area contributed by atoms with Crippen molar-refractivity contribution in [2.24, 2.45) is 11.7 Å². The van der Waals surface area contributed by atoms with Crippen LogP contribution in [0.4, 0.5) is 4.39 Å². The van der Waals surface area contributed by atoms with E-state index in [-0.39, 0.29) is 30.4 Å². The number of nitrogens with two attached hydrogens (primary N) is 1. The molecular formula is C16H22FN3O5S. The van der Waals surface area contributed by atoms with Crippen LogP contribution in [0.2, 0.25) is 0 Å². The van der Waals surface area contributed by atoms with Crippen molar-refractivity contribution in [2.75, 3.05) is 19.6 Å². The van der Waals surface area contributed by atoms with Crippen LogP contribution in [0.3, 0.4) is 0 Å². The molecule has 1 aromatic carbocycles. The van der Waals surface area contributed by atoms with E-state index in [4.69, 9.17) is 5.73 Å². The molecule has 0 bridgehead atoms. The number of aliphatic hydroxyl groups is 1. The van der Waals surface area contributed by atoms with Crippen LogP contribution >= 0.6 is 0 Å². The van der Waals surface area contributed by atoms with Crippen LogP contribution in [0.1, 0.15) is 19.3 Å². The van der Waals surface area contributed by atoms with Crippen molar-refractivity contribution in [2.45, 2.75) is 30.3 Å². The first-order valence-electron chi connectivity index (χ1n) is 8.20. The first kappa shape index (κ1) is 20.3. The molecule has 144 valence electrons. The number of carbonyl (C=O) groups excluding carboxylic acids is 2. The highest BCUT2D eigenvalue weighted by Gasteiger charge is 2.29. The predicted molar refractivity (Wildman–Crippen MR) is 90.7 cm³/mol. The lowest BCUT2D eigenvalue weighted by Gasteiger charge is -2.31. The first-order chi connectivity index (χ1) is 12.2. The van der Waals surface area contributed by atoms with E-state index in [0.717, 1.165) is 12.1 Å². The minimum atomic E-state index is -3.67. The number of benzene rings is 1. The van der Waals surface area contributed by atoms with Crippen molar-refractivity contribution < 1.29 is 27.5 Å². The Morgan fingerprint density at radius 3 is 2.38 bits per heavy atom. The van der Waals surface area contributed by atoms with Crippen molar-refractivity contribution in [3.05, 3.63) is 30.1 Å². The van der Waals surface area contributed by atoms with E-state index >= 15 is 0 Å². The molecule has 0 saturated carbocycles. The van der Waals surface area contributed by atoms with Gasteiger partial charge in [0.25, 0.3) is 0 Å². The van der Waals surface area contributed by atoms with E-state index in [1.807, 2.05) is 0 Å². The summed E-state index contributed by atoms with van der Waals surface area (Å²) in [6, 6.07) is 4.67. The maximum absolute atomic E-state index is 13.0. The summed E-state index contributed by atoms with van der Waals surface area (Å²) in [5, 5.41) is 12.0. The molecule has 1 unspecified atom stereocenters. The lowest BCUT2D eigenvalue weighted by molar-refractivity contribution is -0.133. The molecule has 1 aromatic rings. The van der Waals surface area contributed by atoms with E-state index in [0.29, 0.717) is 12.8 Å². The van der Waals surface area contributed by atoms with E-state index in [9.17, 15) is 27.5 Å². The summed E-state index contributed by atoms with van der Waals surface area (Å²) >= 11 is 0. The fraction of sp³-hybridized carbons (Fsp3) is 0.500. The fourth-order valence-corrected chi connectivity index (χ4v) is 4.23. The zero-order valence-corrected chi connectivity index (χ0v) is 14.9. The number of rotatable bonds is 7. The second kappa shape index (κ2) is 8.56. The summed E-state index contributed by atoms with van der Waals surface area (Å²) in [5.41, 5.74) is 4.92.